The number of para-hydroxylation sites is 1. The average Bonchev–Trinajstić information content (AvgIpc) is 2.73. The van der Waals surface area contributed by atoms with Crippen LogP contribution in [-0.2, 0) is 16.2 Å². The summed E-state index contributed by atoms with van der Waals surface area (Å²) in [7, 11) is -2.18. The van der Waals surface area contributed by atoms with Crippen LogP contribution in [0, 0.1) is 6.92 Å². The van der Waals surface area contributed by atoms with Gasteiger partial charge in [-0.05, 0) is 46.6 Å². The molecule has 0 aliphatic carbocycles. The molecule has 1 unspecified atom stereocenters. The molecule has 0 aliphatic rings. The Morgan fingerprint density at radius 2 is 1.15 bits per heavy atom. The summed E-state index contributed by atoms with van der Waals surface area (Å²) < 4.78 is 12.2. The van der Waals surface area contributed by atoms with E-state index in [2.05, 4.69) is 80.5 Å². The molecule has 0 heterocycles. The number of hydrogen-bond acceptors (Lipinski definition) is 3. The molecule has 0 amide bonds. The molecule has 3 aromatic carbocycles. The molecule has 182 valence electrons. The van der Waals surface area contributed by atoms with Crippen LogP contribution < -0.4 is 9.05 Å². The van der Waals surface area contributed by atoms with Crippen LogP contribution in [0.25, 0.3) is 0 Å². The maximum absolute atomic E-state index is 10.9. The van der Waals surface area contributed by atoms with E-state index < -0.39 is 8.60 Å². The Bertz CT molecular complexity index is 1120. The predicted molar refractivity (Wildman–Crippen MR) is 144 cm³/mol. The van der Waals surface area contributed by atoms with Crippen LogP contribution in [0.5, 0.6) is 11.5 Å². The lowest BCUT2D eigenvalue weighted by Gasteiger charge is -2.30. The lowest BCUT2D eigenvalue weighted by molar-refractivity contribution is 0.371. The second-order valence-corrected chi connectivity index (χ2v) is 12.4. The highest BCUT2D eigenvalue weighted by Gasteiger charge is 2.30. The van der Waals surface area contributed by atoms with Gasteiger partial charge >= 0.3 is 8.60 Å². The van der Waals surface area contributed by atoms with Crippen molar-refractivity contribution in [3.8, 4) is 11.5 Å². The van der Waals surface area contributed by atoms with Crippen molar-refractivity contribution in [3.05, 3.63) is 94.5 Å². The van der Waals surface area contributed by atoms with Crippen molar-refractivity contribution in [2.45, 2.75) is 78.6 Å². The molecule has 0 saturated heterocycles. The van der Waals surface area contributed by atoms with Gasteiger partial charge in [0.2, 0.25) is 0 Å². The second-order valence-electron chi connectivity index (χ2n) is 11.6. The van der Waals surface area contributed by atoms with Gasteiger partial charge in [-0.2, -0.15) is 0 Å². The first-order valence-corrected chi connectivity index (χ1v) is 13.0. The Morgan fingerprint density at radius 1 is 0.618 bits per heavy atom. The maximum atomic E-state index is 10.9. The normalized spacial score (nSPS) is 13.5. The molecule has 0 bridgehead atoms. The van der Waals surface area contributed by atoms with Gasteiger partial charge in [0, 0.05) is 16.5 Å². The third-order valence-electron chi connectivity index (χ3n) is 6.35. The summed E-state index contributed by atoms with van der Waals surface area (Å²) in [6, 6.07) is 22.5. The molecule has 0 aliphatic heterocycles. The number of aryl methyl sites for hydroxylation is 1. The van der Waals surface area contributed by atoms with Gasteiger partial charge in [-0.15, -0.1) is 0 Å². The standard InChI is InChI=1S/C30H39O3P/c1-21-19-27(25(29(5,6)7)20-24(21)28(2,3)4)33-34(31)32-26-18-14-13-17-23(26)30(8,9)22-15-11-10-12-16-22/h10-20,31H,1-9H3. The Balaban J connectivity index is 1.93. The van der Waals surface area contributed by atoms with E-state index in [4.69, 9.17) is 9.05 Å². The molecular formula is C30H39O3P. The molecule has 0 radical (unpaired) electrons. The summed E-state index contributed by atoms with van der Waals surface area (Å²) in [6.07, 6.45) is 0. The van der Waals surface area contributed by atoms with Gasteiger partial charge in [-0.25, -0.2) is 0 Å². The van der Waals surface area contributed by atoms with E-state index in [0.29, 0.717) is 11.5 Å². The van der Waals surface area contributed by atoms with Crippen LogP contribution in [-0.4, -0.2) is 4.89 Å². The zero-order valence-corrected chi connectivity index (χ0v) is 23.0. The van der Waals surface area contributed by atoms with Crippen LogP contribution in [0.3, 0.4) is 0 Å². The third-order valence-corrected chi connectivity index (χ3v) is 7.06. The highest BCUT2D eigenvalue weighted by Crippen LogP contribution is 2.46. The zero-order chi connectivity index (χ0) is 25.3. The van der Waals surface area contributed by atoms with Gasteiger partial charge in [0.15, 0.2) is 0 Å². The molecule has 0 fully saturated rings. The van der Waals surface area contributed by atoms with Crippen LogP contribution in [0.2, 0.25) is 0 Å². The quantitative estimate of drug-likeness (QED) is 0.361. The molecule has 34 heavy (non-hydrogen) atoms. The summed E-state index contributed by atoms with van der Waals surface area (Å²) in [5, 5.41) is 0. The number of benzene rings is 3. The lowest BCUT2D eigenvalue weighted by atomic mass is 9.78. The van der Waals surface area contributed by atoms with Gasteiger partial charge in [-0.1, -0.05) is 110 Å². The minimum Gasteiger partial charge on any atom is -0.418 e. The van der Waals surface area contributed by atoms with Gasteiger partial charge in [0.25, 0.3) is 0 Å². The molecular weight excluding hydrogens is 439 g/mol. The zero-order valence-electron chi connectivity index (χ0n) is 22.1. The van der Waals surface area contributed by atoms with Crippen molar-refractivity contribution in [2.75, 3.05) is 0 Å². The first-order chi connectivity index (χ1) is 15.7. The molecule has 0 saturated carbocycles. The fraction of sp³-hybridized carbons (Fsp3) is 0.400. The first kappa shape index (κ1) is 26.3. The summed E-state index contributed by atoms with van der Waals surface area (Å²) in [5.41, 5.74) is 5.24. The van der Waals surface area contributed by atoms with Crippen LogP contribution in [0.1, 0.15) is 83.2 Å². The lowest BCUT2D eigenvalue weighted by Crippen LogP contribution is -2.20. The molecule has 1 atom stereocenters. The number of rotatable bonds is 6. The SMILES string of the molecule is Cc1cc(OP(O)Oc2ccccc2C(C)(C)c2ccccc2)c(C(C)(C)C)cc1C(C)(C)C. The Kier molecular flexibility index (Phi) is 7.51. The van der Waals surface area contributed by atoms with E-state index in [0.717, 1.165) is 16.7 Å². The molecule has 1 N–H and O–H groups in total. The maximum Gasteiger partial charge on any atom is 0.460 e. The molecule has 4 heteroatoms. The van der Waals surface area contributed by atoms with Crippen LogP contribution >= 0.6 is 8.60 Å². The minimum atomic E-state index is -2.18. The summed E-state index contributed by atoms with van der Waals surface area (Å²) in [6.45, 7) is 19.6. The van der Waals surface area contributed by atoms with Crippen molar-refractivity contribution >= 4 is 8.60 Å². The van der Waals surface area contributed by atoms with Gasteiger partial charge in [-0.3, -0.25) is 0 Å². The summed E-state index contributed by atoms with van der Waals surface area (Å²) in [4.78, 5) is 10.9. The summed E-state index contributed by atoms with van der Waals surface area (Å²) in [5.74, 6) is 1.30. The van der Waals surface area contributed by atoms with Crippen molar-refractivity contribution < 1.29 is 13.9 Å². The van der Waals surface area contributed by atoms with E-state index in [1.54, 1.807) is 0 Å². The summed E-state index contributed by atoms with van der Waals surface area (Å²) >= 11 is 0. The highest BCUT2D eigenvalue weighted by molar-refractivity contribution is 7.41. The Hall–Kier alpha value is -2.35. The van der Waals surface area contributed by atoms with E-state index in [-0.39, 0.29) is 16.2 Å². The highest BCUT2D eigenvalue weighted by atomic mass is 31.2. The Morgan fingerprint density at radius 3 is 1.74 bits per heavy atom. The Labute approximate surface area is 207 Å². The van der Waals surface area contributed by atoms with E-state index in [1.165, 1.54) is 11.1 Å². The number of hydrogen-bond donors (Lipinski definition) is 1. The molecule has 3 rings (SSSR count). The van der Waals surface area contributed by atoms with Gasteiger partial charge in [0.05, 0.1) is 0 Å². The molecule has 3 nitrogen and oxygen atoms in total. The van der Waals surface area contributed by atoms with E-state index >= 15 is 0 Å². The molecule has 0 aromatic heterocycles. The van der Waals surface area contributed by atoms with Crippen LogP contribution in [0.4, 0.5) is 0 Å². The van der Waals surface area contributed by atoms with Crippen molar-refractivity contribution in [3.63, 3.8) is 0 Å². The second kappa shape index (κ2) is 9.72. The van der Waals surface area contributed by atoms with Gasteiger partial charge < -0.3 is 13.9 Å². The average molecular weight is 479 g/mol. The van der Waals surface area contributed by atoms with Crippen molar-refractivity contribution in [1.82, 2.24) is 0 Å². The largest absolute Gasteiger partial charge is 0.460 e. The monoisotopic (exact) mass is 478 g/mol. The first-order valence-electron chi connectivity index (χ1n) is 11.9. The minimum absolute atomic E-state index is 0.0189. The fourth-order valence-corrected chi connectivity index (χ4v) is 5.09. The molecule has 0 spiro atoms. The topological polar surface area (TPSA) is 38.7 Å². The van der Waals surface area contributed by atoms with Crippen molar-refractivity contribution in [1.29, 1.82) is 0 Å². The van der Waals surface area contributed by atoms with E-state index in [1.807, 2.05) is 48.5 Å². The predicted octanol–water partition coefficient (Wildman–Crippen LogP) is 8.59. The van der Waals surface area contributed by atoms with Gasteiger partial charge in [0.1, 0.15) is 11.5 Å². The fourth-order valence-electron chi connectivity index (χ4n) is 4.41. The van der Waals surface area contributed by atoms with E-state index in [9.17, 15) is 4.89 Å². The smallest absolute Gasteiger partial charge is 0.418 e. The third kappa shape index (κ3) is 5.82. The van der Waals surface area contributed by atoms with Crippen molar-refractivity contribution in [2.24, 2.45) is 0 Å². The van der Waals surface area contributed by atoms with Crippen LogP contribution in [0.15, 0.2) is 66.7 Å². The molecule has 3 aromatic rings.